The smallest absolute Gasteiger partial charge is 0.310 e. The molecule has 8 heteroatoms. The Kier molecular flexibility index (Phi) is 6.34. The molecule has 6 aromatic carbocycles. The lowest BCUT2D eigenvalue weighted by Crippen LogP contribution is -2.10. The van der Waals surface area contributed by atoms with Gasteiger partial charge in [0.05, 0.1) is 63.3 Å². The highest BCUT2D eigenvalue weighted by molar-refractivity contribution is 6.12. The third kappa shape index (κ3) is 4.23. The van der Waals surface area contributed by atoms with E-state index in [9.17, 15) is 23.7 Å². The van der Waals surface area contributed by atoms with Gasteiger partial charge >= 0.3 is 6.18 Å². The van der Waals surface area contributed by atoms with Gasteiger partial charge in [0.1, 0.15) is 0 Å². The fourth-order valence-electron chi connectivity index (χ4n) is 6.84. The van der Waals surface area contributed by atoms with E-state index < -0.39 is 11.7 Å². The second-order valence-electron chi connectivity index (χ2n) is 11.4. The minimum atomic E-state index is -4.70. The maximum Gasteiger partial charge on any atom is 0.417 e. The number of nitrogens with zero attached hydrogens (tertiary/aromatic N) is 5. The van der Waals surface area contributed by atoms with Crippen molar-refractivity contribution in [2.45, 2.75) is 6.18 Å². The van der Waals surface area contributed by atoms with E-state index in [1.165, 1.54) is 12.1 Å². The molecule has 8 aromatic rings. The van der Waals surface area contributed by atoms with Crippen molar-refractivity contribution >= 4 is 49.3 Å². The summed E-state index contributed by atoms with van der Waals surface area (Å²) in [7, 11) is 0. The number of halogens is 3. The van der Waals surface area contributed by atoms with Crippen LogP contribution < -0.4 is 0 Å². The number of fused-ring (bicyclic) bond motifs is 6. The zero-order chi connectivity index (χ0) is 33.2. The fraction of sp³-hybridized carbons (Fsp3) is 0.0250. The Hall–Kier alpha value is -6.82. The highest BCUT2D eigenvalue weighted by atomic mass is 19.4. The maximum absolute atomic E-state index is 14.9. The number of benzene rings is 6. The highest BCUT2D eigenvalue weighted by Gasteiger charge is 2.35. The Bertz CT molecular complexity index is 2610. The van der Waals surface area contributed by atoms with Gasteiger partial charge < -0.3 is 9.13 Å². The third-order valence-corrected chi connectivity index (χ3v) is 8.80. The number of aromatic nitrogens is 2. The van der Waals surface area contributed by atoms with E-state index in [1.807, 2.05) is 69.8 Å². The topological polar surface area (TPSA) is 61.8 Å². The van der Waals surface area contributed by atoms with E-state index in [-0.39, 0.29) is 16.7 Å². The van der Waals surface area contributed by atoms with Crippen molar-refractivity contribution in [1.82, 2.24) is 9.13 Å². The molecule has 0 radical (unpaired) electrons. The third-order valence-electron chi connectivity index (χ3n) is 8.80. The molecule has 2 heterocycles. The molecule has 0 atom stereocenters. The van der Waals surface area contributed by atoms with Crippen LogP contribution in [0.25, 0.3) is 71.0 Å². The Morgan fingerprint density at radius 1 is 0.562 bits per heavy atom. The summed E-state index contributed by atoms with van der Waals surface area (Å²) in [5.74, 6) is 0. The Labute approximate surface area is 272 Å². The summed E-state index contributed by atoms with van der Waals surface area (Å²) in [5, 5.41) is 23.6. The van der Waals surface area contributed by atoms with Crippen molar-refractivity contribution in [1.29, 1.82) is 10.5 Å². The molecule has 0 fully saturated rings. The molecule has 2 aromatic heterocycles. The van der Waals surface area contributed by atoms with Crippen molar-refractivity contribution in [2.75, 3.05) is 0 Å². The van der Waals surface area contributed by atoms with Crippen molar-refractivity contribution < 1.29 is 13.2 Å². The van der Waals surface area contributed by atoms with Crippen LogP contribution in [0.5, 0.6) is 0 Å². The molecule has 48 heavy (non-hydrogen) atoms. The molecular formula is C40H20F3N5. The van der Waals surface area contributed by atoms with Gasteiger partial charge in [-0.1, -0.05) is 72.8 Å². The molecule has 0 aliphatic rings. The fourth-order valence-corrected chi connectivity index (χ4v) is 6.84. The summed E-state index contributed by atoms with van der Waals surface area (Å²) in [4.78, 5) is 3.63. The van der Waals surface area contributed by atoms with Gasteiger partial charge in [-0.15, -0.1) is 0 Å². The lowest BCUT2D eigenvalue weighted by Gasteiger charge is -2.23. The number of rotatable bonds is 3. The first-order chi connectivity index (χ1) is 23.3. The largest absolute Gasteiger partial charge is 0.417 e. The van der Waals surface area contributed by atoms with Crippen LogP contribution in [0.1, 0.15) is 16.7 Å². The Balaban J connectivity index is 1.65. The van der Waals surface area contributed by atoms with Crippen LogP contribution >= 0.6 is 0 Å². The molecule has 226 valence electrons. The van der Waals surface area contributed by atoms with E-state index in [0.717, 1.165) is 27.6 Å². The molecule has 0 unspecified atom stereocenters. The molecule has 0 bridgehead atoms. The minimum Gasteiger partial charge on any atom is -0.310 e. The second-order valence-corrected chi connectivity index (χ2v) is 11.4. The zero-order valence-corrected chi connectivity index (χ0v) is 24.9. The Morgan fingerprint density at radius 3 is 1.67 bits per heavy atom. The molecule has 8 rings (SSSR count). The van der Waals surface area contributed by atoms with Crippen LogP contribution in [0.2, 0.25) is 0 Å². The number of para-hydroxylation sites is 2. The van der Waals surface area contributed by atoms with Gasteiger partial charge in [-0.05, 0) is 54.1 Å². The highest BCUT2D eigenvalue weighted by Crippen LogP contribution is 2.46. The van der Waals surface area contributed by atoms with Crippen LogP contribution in [0, 0.1) is 29.2 Å². The molecule has 0 spiro atoms. The van der Waals surface area contributed by atoms with Crippen molar-refractivity contribution in [3.63, 3.8) is 0 Å². The van der Waals surface area contributed by atoms with E-state index in [0.29, 0.717) is 44.7 Å². The van der Waals surface area contributed by atoms with E-state index in [1.54, 1.807) is 42.5 Å². The van der Waals surface area contributed by atoms with Gasteiger partial charge in [-0.3, -0.25) is 0 Å². The maximum atomic E-state index is 14.9. The SMILES string of the molecule is [C-]#[N+]c1ccc2c3ccccc3n(-c3cc(C#N)cc(-n4c5ccccc5c5ccc(C#N)cc54)c3-c3ccccc3C(F)(F)F)c2c1. The van der Waals surface area contributed by atoms with Crippen LogP contribution in [-0.2, 0) is 6.18 Å². The summed E-state index contributed by atoms with van der Waals surface area (Å²) >= 11 is 0. The first kappa shape index (κ1) is 28.6. The number of nitriles is 2. The first-order valence-electron chi connectivity index (χ1n) is 14.9. The molecule has 0 aliphatic heterocycles. The predicted octanol–water partition coefficient (Wildman–Crippen LogP) is 10.9. The summed E-state index contributed by atoms with van der Waals surface area (Å²) < 4.78 is 48.4. The second kappa shape index (κ2) is 10.6. The van der Waals surface area contributed by atoms with Gasteiger partial charge in [0.25, 0.3) is 0 Å². The molecule has 0 saturated heterocycles. The van der Waals surface area contributed by atoms with Gasteiger partial charge in [-0.25, -0.2) is 4.85 Å². The minimum absolute atomic E-state index is 0.0749. The molecular weight excluding hydrogens is 607 g/mol. The summed E-state index contributed by atoms with van der Waals surface area (Å²) in [6.45, 7) is 7.70. The van der Waals surface area contributed by atoms with Gasteiger partial charge in [0, 0.05) is 32.6 Å². The quantitative estimate of drug-likeness (QED) is 0.183. The van der Waals surface area contributed by atoms with Crippen LogP contribution in [-0.4, -0.2) is 9.13 Å². The van der Waals surface area contributed by atoms with Crippen molar-refractivity contribution in [3.8, 4) is 34.6 Å². The average Bonchev–Trinajstić information content (AvgIpc) is 3.62. The monoisotopic (exact) mass is 627 g/mol. The van der Waals surface area contributed by atoms with Crippen LogP contribution in [0.15, 0.2) is 121 Å². The first-order valence-corrected chi connectivity index (χ1v) is 14.9. The summed E-state index contributed by atoms with van der Waals surface area (Å²) in [5.41, 5.74) is 3.62. The molecule has 0 aliphatic carbocycles. The number of hydrogen-bond donors (Lipinski definition) is 0. The molecule has 5 nitrogen and oxygen atoms in total. The van der Waals surface area contributed by atoms with Gasteiger partial charge in [0.2, 0.25) is 0 Å². The predicted molar refractivity (Wildman–Crippen MR) is 181 cm³/mol. The summed E-state index contributed by atoms with van der Waals surface area (Å²) in [6, 6.07) is 38.7. The summed E-state index contributed by atoms with van der Waals surface area (Å²) in [6.07, 6.45) is -4.70. The van der Waals surface area contributed by atoms with Crippen LogP contribution in [0.4, 0.5) is 18.9 Å². The zero-order valence-electron chi connectivity index (χ0n) is 24.9. The van der Waals surface area contributed by atoms with Gasteiger partial charge in [-0.2, -0.15) is 23.7 Å². The van der Waals surface area contributed by atoms with Crippen molar-refractivity contribution in [3.05, 3.63) is 149 Å². The molecule has 0 amide bonds. The average molecular weight is 628 g/mol. The Morgan fingerprint density at radius 2 is 1.08 bits per heavy atom. The molecule has 0 saturated carbocycles. The number of hydrogen-bond acceptors (Lipinski definition) is 2. The lowest BCUT2D eigenvalue weighted by molar-refractivity contribution is -0.137. The van der Waals surface area contributed by atoms with Crippen molar-refractivity contribution in [2.24, 2.45) is 0 Å². The van der Waals surface area contributed by atoms with E-state index in [4.69, 9.17) is 6.57 Å². The van der Waals surface area contributed by atoms with Gasteiger partial charge in [0.15, 0.2) is 5.69 Å². The van der Waals surface area contributed by atoms with Crippen LogP contribution in [0.3, 0.4) is 0 Å². The number of alkyl halides is 3. The van der Waals surface area contributed by atoms with E-state index >= 15 is 0 Å². The lowest BCUT2D eigenvalue weighted by atomic mass is 9.94. The van der Waals surface area contributed by atoms with E-state index in [2.05, 4.69) is 17.0 Å². The standard InChI is InChI=1S/C40H20F3N5/c1-46-26-15-17-30-28-9-4-7-13-34(28)48(36(30)21-26)38-20-25(23-45)19-37(39(38)31-10-2-5-11-32(31)40(41,42)43)47-33-12-6-3-8-27(33)29-16-14-24(22-44)18-35(29)47/h2-21H. The molecule has 0 N–H and O–H groups in total. The normalized spacial score (nSPS) is 11.6.